The van der Waals surface area contributed by atoms with E-state index in [-0.39, 0.29) is 0 Å². The number of amides is 2. The Bertz CT molecular complexity index is 654. The van der Waals surface area contributed by atoms with E-state index in [1.165, 1.54) is 6.21 Å². The molecular weight excluding hydrogens is 334 g/mol. The molecule has 2 amide bonds. The van der Waals surface area contributed by atoms with Gasteiger partial charge >= 0.3 is 11.8 Å². The third-order valence-corrected chi connectivity index (χ3v) is 3.02. The van der Waals surface area contributed by atoms with Crippen molar-refractivity contribution in [1.82, 2.24) is 5.43 Å². The Morgan fingerprint density at radius 2 is 1.62 bits per heavy atom. The van der Waals surface area contributed by atoms with E-state index < -0.39 is 11.8 Å². The van der Waals surface area contributed by atoms with Crippen LogP contribution in [0.4, 0.5) is 5.69 Å². The second-order valence-electron chi connectivity index (χ2n) is 4.07. The fourth-order valence-electron chi connectivity index (χ4n) is 1.48. The summed E-state index contributed by atoms with van der Waals surface area (Å²) in [6.45, 7) is 0. The number of nitrogens with one attached hydrogen (secondary N) is 2. The Labute approximate surface area is 130 Å². The molecule has 106 valence electrons. The van der Waals surface area contributed by atoms with Crippen LogP contribution in [0.25, 0.3) is 0 Å². The second-order valence-corrected chi connectivity index (χ2v) is 4.99. The highest BCUT2D eigenvalue weighted by Gasteiger charge is 2.12. The van der Waals surface area contributed by atoms with Gasteiger partial charge in [-0.2, -0.15) is 5.10 Å². The first kappa shape index (κ1) is 14.9. The van der Waals surface area contributed by atoms with Gasteiger partial charge in [0.2, 0.25) is 0 Å². The molecule has 0 spiro atoms. The molecule has 0 heterocycles. The molecule has 2 rings (SSSR count). The summed E-state index contributed by atoms with van der Waals surface area (Å²) in [5, 5.41) is 6.20. The van der Waals surface area contributed by atoms with E-state index in [9.17, 15) is 9.59 Å². The topological polar surface area (TPSA) is 70.6 Å². The number of carbonyl (C=O) groups is 2. The second kappa shape index (κ2) is 7.35. The van der Waals surface area contributed by atoms with E-state index in [2.05, 4.69) is 31.8 Å². The van der Waals surface area contributed by atoms with Gasteiger partial charge in [0.25, 0.3) is 0 Å². The summed E-state index contributed by atoms with van der Waals surface area (Å²) in [7, 11) is 0. The number of anilines is 1. The lowest BCUT2D eigenvalue weighted by atomic mass is 10.2. The van der Waals surface area contributed by atoms with Crippen molar-refractivity contribution in [2.24, 2.45) is 5.10 Å². The van der Waals surface area contributed by atoms with Crippen molar-refractivity contribution < 1.29 is 9.59 Å². The van der Waals surface area contributed by atoms with Gasteiger partial charge in [-0.3, -0.25) is 9.59 Å². The molecule has 0 aliphatic rings. The summed E-state index contributed by atoms with van der Waals surface area (Å²) in [5.41, 5.74) is 3.53. The molecular formula is C15H12BrN3O2. The molecule has 6 heteroatoms. The minimum Gasteiger partial charge on any atom is -0.318 e. The molecule has 2 aromatic rings. The van der Waals surface area contributed by atoms with Crippen LogP contribution in [0.5, 0.6) is 0 Å². The van der Waals surface area contributed by atoms with Gasteiger partial charge in [-0.25, -0.2) is 5.43 Å². The highest BCUT2D eigenvalue weighted by molar-refractivity contribution is 9.10. The van der Waals surface area contributed by atoms with Crippen LogP contribution in [0.3, 0.4) is 0 Å². The van der Waals surface area contributed by atoms with Gasteiger partial charge in [0, 0.05) is 10.2 Å². The Morgan fingerprint density at radius 1 is 0.952 bits per heavy atom. The SMILES string of the molecule is O=C(N/N=C/c1ccccc1)C(=O)Nc1ccc(Br)cc1. The third-order valence-electron chi connectivity index (χ3n) is 2.49. The summed E-state index contributed by atoms with van der Waals surface area (Å²) < 4.78 is 0.886. The summed E-state index contributed by atoms with van der Waals surface area (Å²) in [6.07, 6.45) is 1.46. The van der Waals surface area contributed by atoms with E-state index >= 15 is 0 Å². The molecule has 0 saturated heterocycles. The van der Waals surface area contributed by atoms with Crippen LogP contribution >= 0.6 is 15.9 Å². The number of halogens is 1. The van der Waals surface area contributed by atoms with Crippen molar-refractivity contribution >= 4 is 39.6 Å². The van der Waals surface area contributed by atoms with Gasteiger partial charge in [-0.05, 0) is 29.8 Å². The minimum atomic E-state index is -0.829. The van der Waals surface area contributed by atoms with Crippen LogP contribution in [-0.2, 0) is 9.59 Å². The van der Waals surface area contributed by atoms with Gasteiger partial charge in [0.1, 0.15) is 0 Å². The summed E-state index contributed by atoms with van der Waals surface area (Å²) in [4.78, 5) is 23.2. The predicted molar refractivity (Wildman–Crippen MR) is 85.0 cm³/mol. The van der Waals surface area contributed by atoms with Crippen LogP contribution in [0.1, 0.15) is 5.56 Å². The molecule has 0 radical (unpaired) electrons. The maximum absolute atomic E-state index is 11.6. The van der Waals surface area contributed by atoms with Gasteiger partial charge in [-0.15, -0.1) is 0 Å². The quantitative estimate of drug-likeness (QED) is 0.509. The zero-order chi connectivity index (χ0) is 15.1. The molecule has 2 aromatic carbocycles. The van der Waals surface area contributed by atoms with Crippen molar-refractivity contribution in [3.05, 3.63) is 64.6 Å². The van der Waals surface area contributed by atoms with Gasteiger partial charge in [0.15, 0.2) is 0 Å². The van der Waals surface area contributed by atoms with E-state index in [1.807, 2.05) is 30.3 Å². The first-order valence-electron chi connectivity index (χ1n) is 6.10. The lowest BCUT2D eigenvalue weighted by Gasteiger charge is -2.03. The third kappa shape index (κ3) is 4.85. The zero-order valence-electron chi connectivity index (χ0n) is 10.9. The molecule has 0 aliphatic heterocycles. The average molecular weight is 346 g/mol. The monoisotopic (exact) mass is 345 g/mol. The van der Waals surface area contributed by atoms with Gasteiger partial charge in [-0.1, -0.05) is 46.3 Å². The number of carbonyl (C=O) groups excluding carboxylic acids is 2. The maximum Gasteiger partial charge on any atom is 0.329 e. The Kier molecular flexibility index (Phi) is 5.22. The minimum absolute atomic E-state index is 0.533. The fraction of sp³-hybridized carbons (Fsp3) is 0. The van der Waals surface area contributed by atoms with Crippen LogP contribution < -0.4 is 10.7 Å². The molecule has 5 nitrogen and oxygen atoms in total. The smallest absolute Gasteiger partial charge is 0.318 e. The van der Waals surface area contributed by atoms with Crippen molar-refractivity contribution in [1.29, 1.82) is 0 Å². The average Bonchev–Trinajstić information content (AvgIpc) is 2.50. The molecule has 0 fully saturated rings. The lowest BCUT2D eigenvalue weighted by molar-refractivity contribution is -0.136. The van der Waals surface area contributed by atoms with Crippen molar-refractivity contribution in [2.45, 2.75) is 0 Å². The number of rotatable bonds is 3. The van der Waals surface area contributed by atoms with Crippen LogP contribution in [0.2, 0.25) is 0 Å². The molecule has 0 unspecified atom stereocenters. The number of benzene rings is 2. The molecule has 2 N–H and O–H groups in total. The largest absolute Gasteiger partial charge is 0.329 e. The molecule has 0 atom stereocenters. The lowest BCUT2D eigenvalue weighted by Crippen LogP contribution is -2.32. The first-order valence-corrected chi connectivity index (χ1v) is 6.89. The van der Waals surface area contributed by atoms with E-state index in [1.54, 1.807) is 24.3 Å². The normalized spacial score (nSPS) is 10.3. The predicted octanol–water partition coefficient (Wildman–Crippen LogP) is 2.54. The standard InChI is InChI=1S/C15H12BrN3O2/c16-12-6-8-13(9-7-12)18-14(20)15(21)19-17-10-11-4-2-1-3-5-11/h1-10H,(H,18,20)(H,19,21)/b17-10+. The molecule has 0 bridgehead atoms. The molecule has 21 heavy (non-hydrogen) atoms. The number of hydrazone groups is 1. The number of nitrogens with zero attached hydrogens (tertiary/aromatic N) is 1. The van der Waals surface area contributed by atoms with E-state index in [4.69, 9.17) is 0 Å². The first-order chi connectivity index (χ1) is 10.1. The highest BCUT2D eigenvalue weighted by atomic mass is 79.9. The Hall–Kier alpha value is -2.47. The molecule has 0 aliphatic carbocycles. The number of hydrogen-bond donors (Lipinski definition) is 2. The Balaban J connectivity index is 1.87. The fourth-order valence-corrected chi connectivity index (χ4v) is 1.74. The van der Waals surface area contributed by atoms with Crippen molar-refractivity contribution in [2.75, 3.05) is 5.32 Å². The highest BCUT2D eigenvalue weighted by Crippen LogP contribution is 2.13. The van der Waals surface area contributed by atoms with Crippen LogP contribution in [-0.4, -0.2) is 18.0 Å². The summed E-state index contributed by atoms with van der Waals surface area (Å²) >= 11 is 3.29. The van der Waals surface area contributed by atoms with Crippen molar-refractivity contribution in [3.63, 3.8) is 0 Å². The van der Waals surface area contributed by atoms with E-state index in [0.29, 0.717) is 5.69 Å². The van der Waals surface area contributed by atoms with E-state index in [0.717, 1.165) is 10.0 Å². The Morgan fingerprint density at radius 3 is 2.29 bits per heavy atom. The molecule has 0 saturated carbocycles. The number of hydrogen-bond acceptors (Lipinski definition) is 3. The molecule has 0 aromatic heterocycles. The van der Waals surface area contributed by atoms with Crippen LogP contribution in [0.15, 0.2) is 64.2 Å². The van der Waals surface area contributed by atoms with Crippen molar-refractivity contribution in [3.8, 4) is 0 Å². The van der Waals surface area contributed by atoms with Crippen LogP contribution in [0, 0.1) is 0 Å². The summed E-state index contributed by atoms with van der Waals surface area (Å²) in [6, 6.07) is 16.1. The van der Waals surface area contributed by atoms with Gasteiger partial charge in [0.05, 0.1) is 6.21 Å². The zero-order valence-corrected chi connectivity index (χ0v) is 12.5. The van der Waals surface area contributed by atoms with Gasteiger partial charge < -0.3 is 5.32 Å². The maximum atomic E-state index is 11.6. The summed E-state index contributed by atoms with van der Waals surface area (Å²) in [5.74, 6) is -1.60.